The van der Waals surface area contributed by atoms with E-state index in [4.69, 9.17) is 4.74 Å². The largest absolute Gasteiger partial charge is 0.377 e. The highest BCUT2D eigenvalue weighted by molar-refractivity contribution is 7.89. The smallest absolute Gasteiger partial charge is 0.254 e. The molecule has 4 atom stereocenters. The summed E-state index contributed by atoms with van der Waals surface area (Å²) in [5, 5.41) is 0. The molecule has 0 radical (unpaired) electrons. The number of nitrogens with zero attached hydrogens (tertiary/aromatic N) is 1. The van der Waals surface area contributed by atoms with Gasteiger partial charge in [0.2, 0.25) is 10.0 Å². The molecule has 29 heavy (non-hydrogen) atoms. The van der Waals surface area contributed by atoms with Crippen molar-refractivity contribution in [1.82, 2.24) is 9.62 Å². The molecule has 0 bridgehead atoms. The molecular weight excluding hydrogens is 388 g/mol. The van der Waals surface area contributed by atoms with Crippen molar-refractivity contribution in [3.63, 3.8) is 0 Å². The van der Waals surface area contributed by atoms with Gasteiger partial charge in [0.1, 0.15) is 0 Å². The van der Waals surface area contributed by atoms with Crippen LogP contribution < -0.4 is 4.72 Å². The Bertz CT molecular complexity index is 818. The summed E-state index contributed by atoms with van der Waals surface area (Å²) in [5.41, 5.74) is 0.571. The number of hydrogen-bond acceptors (Lipinski definition) is 4. The first-order valence-electron chi connectivity index (χ1n) is 11.0. The van der Waals surface area contributed by atoms with E-state index in [0.717, 1.165) is 32.2 Å². The topological polar surface area (TPSA) is 75.7 Å². The minimum atomic E-state index is -3.60. The molecule has 3 fully saturated rings. The summed E-state index contributed by atoms with van der Waals surface area (Å²) in [7, 11) is -3.60. The Morgan fingerprint density at radius 2 is 1.86 bits per heavy atom. The van der Waals surface area contributed by atoms with Gasteiger partial charge in [0.05, 0.1) is 11.0 Å². The van der Waals surface area contributed by atoms with Crippen LogP contribution >= 0.6 is 0 Å². The number of amides is 1. The van der Waals surface area contributed by atoms with Gasteiger partial charge in [0, 0.05) is 31.3 Å². The van der Waals surface area contributed by atoms with Gasteiger partial charge >= 0.3 is 0 Å². The molecule has 1 aromatic rings. The number of likely N-dealkylation sites (tertiary alicyclic amines) is 1. The maximum Gasteiger partial charge on any atom is 0.254 e. The standard InChI is InChI=1S/C22H32N2O4S/c1-16-12-13-24(21-7-3-2-6-20(16)21)22(25)17-8-10-19(11-9-17)29(26,27)23-15-18-5-4-14-28-18/h8-11,16,18,20-21,23H,2-7,12-15H2,1H3/t16-,18+,20+,21-/m1/s1. The van der Waals surface area contributed by atoms with Gasteiger partial charge in [-0.1, -0.05) is 19.8 Å². The van der Waals surface area contributed by atoms with Crippen molar-refractivity contribution in [3.05, 3.63) is 29.8 Å². The van der Waals surface area contributed by atoms with E-state index in [2.05, 4.69) is 11.6 Å². The molecule has 0 aromatic heterocycles. The number of carbonyl (C=O) groups is 1. The van der Waals surface area contributed by atoms with Gasteiger partial charge < -0.3 is 9.64 Å². The van der Waals surface area contributed by atoms with Crippen LogP contribution in [0.1, 0.15) is 62.2 Å². The lowest BCUT2D eigenvalue weighted by molar-refractivity contribution is 0.0217. The van der Waals surface area contributed by atoms with Gasteiger partial charge in [-0.05, 0) is 68.2 Å². The molecule has 2 heterocycles. The number of ether oxygens (including phenoxy) is 1. The molecule has 4 rings (SSSR count). The summed E-state index contributed by atoms with van der Waals surface area (Å²) >= 11 is 0. The molecule has 2 saturated heterocycles. The van der Waals surface area contributed by atoms with Crippen molar-refractivity contribution in [2.24, 2.45) is 11.8 Å². The molecule has 6 nitrogen and oxygen atoms in total. The quantitative estimate of drug-likeness (QED) is 0.794. The molecule has 160 valence electrons. The lowest BCUT2D eigenvalue weighted by Crippen LogP contribution is -2.52. The number of fused-ring (bicyclic) bond motifs is 1. The molecule has 2 aliphatic heterocycles. The Hall–Kier alpha value is -1.44. The van der Waals surface area contributed by atoms with Crippen LogP contribution in [-0.2, 0) is 14.8 Å². The van der Waals surface area contributed by atoms with Crippen LogP contribution in [0.3, 0.4) is 0 Å². The first-order valence-corrected chi connectivity index (χ1v) is 12.5. The average Bonchev–Trinajstić information content (AvgIpc) is 3.26. The van der Waals surface area contributed by atoms with Crippen LogP contribution in [0.4, 0.5) is 0 Å². The van der Waals surface area contributed by atoms with Gasteiger partial charge in [0.15, 0.2) is 0 Å². The molecule has 1 amide bonds. The van der Waals surface area contributed by atoms with Crippen LogP contribution in [0.25, 0.3) is 0 Å². The third-order valence-electron chi connectivity index (χ3n) is 6.94. The van der Waals surface area contributed by atoms with E-state index in [1.54, 1.807) is 12.1 Å². The number of nitrogens with one attached hydrogen (secondary N) is 1. The number of piperidine rings is 1. The van der Waals surface area contributed by atoms with Crippen LogP contribution in [-0.4, -0.2) is 51.1 Å². The molecular formula is C22H32N2O4S. The molecule has 0 unspecified atom stereocenters. The van der Waals surface area contributed by atoms with Gasteiger partial charge in [0.25, 0.3) is 5.91 Å². The minimum Gasteiger partial charge on any atom is -0.377 e. The highest BCUT2D eigenvalue weighted by Crippen LogP contribution is 2.39. The second-order valence-electron chi connectivity index (χ2n) is 8.79. The lowest BCUT2D eigenvalue weighted by atomic mass is 9.72. The summed E-state index contributed by atoms with van der Waals surface area (Å²) in [4.78, 5) is 15.4. The van der Waals surface area contributed by atoms with Gasteiger partial charge in [-0.2, -0.15) is 0 Å². The zero-order valence-corrected chi connectivity index (χ0v) is 18.0. The van der Waals surface area contributed by atoms with E-state index >= 15 is 0 Å². The number of rotatable bonds is 5. The molecule has 7 heteroatoms. The average molecular weight is 421 g/mol. The van der Waals surface area contributed by atoms with E-state index < -0.39 is 10.0 Å². The van der Waals surface area contributed by atoms with Crippen molar-refractivity contribution >= 4 is 15.9 Å². The number of hydrogen-bond donors (Lipinski definition) is 1. The van der Waals surface area contributed by atoms with Crippen molar-refractivity contribution in [3.8, 4) is 0 Å². The summed E-state index contributed by atoms with van der Waals surface area (Å²) < 4.78 is 33.2. The Morgan fingerprint density at radius 1 is 1.10 bits per heavy atom. The molecule has 1 aromatic carbocycles. The van der Waals surface area contributed by atoms with E-state index in [9.17, 15) is 13.2 Å². The van der Waals surface area contributed by atoms with Gasteiger partial charge in [-0.25, -0.2) is 13.1 Å². The minimum absolute atomic E-state index is 0.0325. The maximum absolute atomic E-state index is 13.2. The highest BCUT2D eigenvalue weighted by atomic mass is 32.2. The third-order valence-corrected chi connectivity index (χ3v) is 8.38. The Labute approximate surface area is 174 Å². The Morgan fingerprint density at radius 3 is 2.59 bits per heavy atom. The lowest BCUT2D eigenvalue weighted by Gasteiger charge is -2.47. The number of sulfonamides is 1. The maximum atomic E-state index is 13.2. The first kappa shape index (κ1) is 20.8. The zero-order chi connectivity index (χ0) is 20.4. The summed E-state index contributed by atoms with van der Waals surface area (Å²) in [5.74, 6) is 1.31. The second-order valence-corrected chi connectivity index (χ2v) is 10.6. The zero-order valence-electron chi connectivity index (χ0n) is 17.2. The van der Waals surface area contributed by atoms with Crippen molar-refractivity contribution in [2.75, 3.05) is 19.7 Å². The fourth-order valence-electron chi connectivity index (χ4n) is 5.20. The molecule has 1 aliphatic carbocycles. The van der Waals surface area contributed by atoms with Crippen LogP contribution in [0.2, 0.25) is 0 Å². The van der Waals surface area contributed by atoms with Crippen LogP contribution in [0.5, 0.6) is 0 Å². The highest BCUT2D eigenvalue weighted by Gasteiger charge is 2.39. The summed E-state index contributed by atoms with van der Waals surface area (Å²) in [6.45, 7) is 4.09. The summed E-state index contributed by atoms with van der Waals surface area (Å²) in [6, 6.07) is 6.71. The normalized spacial score (nSPS) is 30.2. The monoisotopic (exact) mass is 420 g/mol. The van der Waals surface area contributed by atoms with Crippen molar-refractivity contribution in [2.45, 2.75) is 68.9 Å². The second kappa shape index (κ2) is 8.74. The SMILES string of the molecule is C[C@@H]1CCN(C(=O)c2ccc(S(=O)(=O)NC[C@@H]3CCCO3)cc2)[C@@H]2CCCC[C@@H]12. The molecule has 0 spiro atoms. The molecule has 1 saturated carbocycles. The van der Waals surface area contributed by atoms with Crippen molar-refractivity contribution in [1.29, 1.82) is 0 Å². The van der Waals surface area contributed by atoms with Gasteiger partial charge in [-0.3, -0.25) is 4.79 Å². The number of carbonyl (C=O) groups excluding carboxylic acids is 1. The first-order chi connectivity index (χ1) is 14.0. The predicted molar refractivity (Wildman–Crippen MR) is 111 cm³/mol. The third kappa shape index (κ3) is 4.52. The van der Waals surface area contributed by atoms with E-state index in [1.807, 2.05) is 4.90 Å². The fraction of sp³-hybridized carbons (Fsp3) is 0.682. The number of benzene rings is 1. The van der Waals surface area contributed by atoms with E-state index in [-0.39, 0.29) is 23.5 Å². The van der Waals surface area contributed by atoms with Crippen LogP contribution in [0, 0.1) is 11.8 Å². The predicted octanol–water partition coefficient (Wildman–Crippen LogP) is 3.18. The Kier molecular flexibility index (Phi) is 6.27. The van der Waals surface area contributed by atoms with Crippen LogP contribution in [0.15, 0.2) is 29.2 Å². The van der Waals surface area contributed by atoms with E-state index in [0.29, 0.717) is 30.0 Å². The molecule has 1 N–H and O–H groups in total. The fourth-order valence-corrected chi connectivity index (χ4v) is 6.27. The van der Waals surface area contributed by atoms with Crippen molar-refractivity contribution < 1.29 is 17.9 Å². The Balaban J connectivity index is 1.43. The summed E-state index contributed by atoms with van der Waals surface area (Å²) in [6.07, 6.45) is 7.60. The molecule has 3 aliphatic rings. The van der Waals surface area contributed by atoms with Gasteiger partial charge in [-0.15, -0.1) is 0 Å². The van der Waals surface area contributed by atoms with E-state index in [1.165, 1.54) is 31.4 Å².